The summed E-state index contributed by atoms with van der Waals surface area (Å²) >= 11 is 0. The highest BCUT2D eigenvalue weighted by Crippen LogP contribution is 2.31. The first-order valence-electron chi connectivity index (χ1n) is 9.80. The van der Waals surface area contributed by atoms with Gasteiger partial charge in [0.1, 0.15) is 5.75 Å². The smallest absolute Gasteiger partial charge is 0.277 e. The quantitative estimate of drug-likeness (QED) is 0.747. The van der Waals surface area contributed by atoms with Gasteiger partial charge in [-0.05, 0) is 56.2 Å². The molecule has 1 aromatic carbocycles. The van der Waals surface area contributed by atoms with Crippen LogP contribution in [0.3, 0.4) is 0 Å². The van der Waals surface area contributed by atoms with Crippen LogP contribution in [0.15, 0.2) is 64.3 Å². The Morgan fingerprint density at radius 3 is 2.64 bits per heavy atom. The Hall–Kier alpha value is -2.95. The first-order valence-corrected chi connectivity index (χ1v) is 9.80. The summed E-state index contributed by atoms with van der Waals surface area (Å²) in [5, 5.41) is 2.93. The molecule has 1 N–H and O–H groups in total. The number of nitrogens with zero attached hydrogens (tertiary/aromatic N) is 1. The number of nitrogens with one attached hydrogen (secondary N) is 1. The van der Waals surface area contributed by atoms with Gasteiger partial charge in [0.15, 0.2) is 0 Å². The number of benzene rings is 1. The molecule has 0 bridgehead atoms. The van der Waals surface area contributed by atoms with Crippen LogP contribution in [0.25, 0.3) is 0 Å². The molecule has 1 aliphatic heterocycles. The molecular weight excluding hydrogens is 352 g/mol. The average molecular weight is 378 g/mol. The van der Waals surface area contributed by atoms with Gasteiger partial charge in [-0.15, -0.1) is 0 Å². The number of allylic oxidation sites excluding steroid dienone is 3. The molecule has 0 fully saturated rings. The fourth-order valence-electron chi connectivity index (χ4n) is 3.38. The van der Waals surface area contributed by atoms with Gasteiger partial charge in [0, 0.05) is 22.8 Å². The fourth-order valence-corrected chi connectivity index (χ4v) is 3.38. The minimum Gasteiger partial charge on any atom is -0.494 e. The second-order valence-electron chi connectivity index (χ2n) is 6.97. The Bertz CT molecular complexity index is 889. The van der Waals surface area contributed by atoms with Crippen LogP contribution < -0.4 is 10.1 Å². The molecule has 3 rings (SSSR count). The fraction of sp³-hybridized carbons (Fsp3) is 0.348. The summed E-state index contributed by atoms with van der Waals surface area (Å²) in [6.07, 6.45) is 8.37. The Morgan fingerprint density at radius 1 is 1.21 bits per heavy atom. The first kappa shape index (κ1) is 19.8. The third-order valence-corrected chi connectivity index (χ3v) is 5.02. The zero-order chi connectivity index (χ0) is 20.1. The molecule has 0 saturated heterocycles. The number of rotatable bonds is 6. The third kappa shape index (κ3) is 4.30. The number of carbonyl (C=O) groups is 2. The second-order valence-corrected chi connectivity index (χ2v) is 6.97. The SMILES string of the molecule is CCCCOc1ccc(C(=O)N=C2C=CC3C(=C2)NC(=O)C(CC)=C3C)cc1. The number of aliphatic imine (C=N–C) groups is 1. The maximum absolute atomic E-state index is 12.5. The zero-order valence-corrected chi connectivity index (χ0v) is 16.6. The van der Waals surface area contributed by atoms with E-state index in [1.54, 1.807) is 30.3 Å². The van der Waals surface area contributed by atoms with Crippen LogP contribution in [0.4, 0.5) is 0 Å². The van der Waals surface area contributed by atoms with Crippen molar-refractivity contribution in [2.75, 3.05) is 6.61 Å². The summed E-state index contributed by atoms with van der Waals surface area (Å²) in [6.45, 7) is 6.74. The van der Waals surface area contributed by atoms with Gasteiger partial charge in [0.05, 0.1) is 12.3 Å². The summed E-state index contributed by atoms with van der Waals surface area (Å²) < 4.78 is 5.62. The molecule has 5 heteroatoms. The van der Waals surface area contributed by atoms with Gasteiger partial charge < -0.3 is 10.1 Å². The number of ether oxygens (including phenoxy) is 1. The highest BCUT2D eigenvalue weighted by atomic mass is 16.5. The number of carbonyl (C=O) groups excluding carboxylic acids is 2. The molecule has 1 aromatic rings. The summed E-state index contributed by atoms with van der Waals surface area (Å²) in [5.74, 6) is 0.404. The number of fused-ring (bicyclic) bond motifs is 1. The van der Waals surface area contributed by atoms with Crippen molar-refractivity contribution >= 4 is 17.5 Å². The monoisotopic (exact) mass is 378 g/mol. The summed E-state index contributed by atoms with van der Waals surface area (Å²) in [5.41, 5.74) is 3.68. The van der Waals surface area contributed by atoms with Crippen LogP contribution in [0.2, 0.25) is 0 Å². The van der Waals surface area contributed by atoms with Gasteiger partial charge in [-0.25, -0.2) is 4.99 Å². The van der Waals surface area contributed by atoms with Crippen LogP contribution in [0.1, 0.15) is 50.4 Å². The highest BCUT2D eigenvalue weighted by molar-refractivity contribution is 6.14. The molecular formula is C23H26N2O3. The lowest BCUT2D eigenvalue weighted by molar-refractivity contribution is -0.117. The molecule has 0 spiro atoms. The minimum atomic E-state index is -0.321. The predicted molar refractivity (Wildman–Crippen MR) is 110 cm³/mol. The Morgan fingerprint density at radius 2 is 1.96 bits per heavy atom. The van der Waals surface area contributed by atoms with E-state index in [1.807, 2.05) is 26.0 Å². The number of unbranched alkanes of at least 4 members (excludes halogenated alkanes) is 1. The maximum Gasteiger partial charge on any atom is 0.277 e. The average Bonchev–Trinajstić information content (AvgIpc) is 2.69. The lowest BCUT2D eigenvalue weighted by Gasteiger charge is -2.29. The largest absolute Gasteiger partial charge is 0.494 e. The topological polar surface area (TPSA) is 67.8 Å². The van der Waals surface area contributed by atoms with Crippen LogP contribution >= 0.6 is 0 Å². The molecule has 1 aliphatic carbocycles. The van der Waals surface area contributed by atoms with Gasteiger partial charge in [-0.2, -0.15) is 0 Å². The van der Waals surface area contributed by atoms with E-state index >= 15 is 0 Å². The van der Waals surface area contributed by atoms with Crippen molar-refractivity contribution in [1.29, 1.82) is 0 Å². The van der Waals surface area contributed by atoms with E-state index in [-0.39, 0.29) is 17.7 Å². The maximum atomic E-state index is 12.5. The molecule has 1 heterocycles. The highest BCUT2D eigenvalue weighted by Gasteiger charge is 2.28. The van der Waals surface area contributed by atoms with E-state index in [0.29, 0.717) is 24.3 Å². The summed E-state index contributed by atoms with van der Waals surface area (Å²) in [7, 11) is 0. The van der Waals surface area contributed by atoms with Crippen molar-refractivity contribution in [2.24, 2.45) is 10.9 Å². The van der Waals surface area contributed by atoms with Gasteiger partial charge in [-0.3, -0.25) is 9.59 Å². The Kier molecular flexibility index (Phi) is 6.24. The molecule has 1 atom stereocenters. The van der Waals surface area contributed by atoms with Gasteiger partial charge >= 0.3 is 0 Å². The zero-order valence-electron chi connectivity index (χ0n) is 16.6. The lowest BCUT2D eigenvalue weighted by Crippen LogP contribution is -2.36. The van der Waals surface area contributed by atoms with Crippen LogP contribution in [-0.2, 0) is 4.79 Å². The Balaban J connectivity index is 1.73. The van der Waals surface area contributed by atoms with E-state index in [2.05, 4.69) is 17.2 Å². The van der Waals surface area contributed by atoms with E-state index in [1.165, 1.54) is 0 Å². The van der Waals surface area contributed by atoms with Crippen LogP contribution in [0, 0.1) is 5.92 Å². The molecule has 0 aromatic heterocycles. The standard InChI is InChI=1S/C23H26N2O3/c1-4-6-13-28-18-10-7-16(8-11-18)22(26)24-17-9-12-20-15(3)19(5-2)23(27)25-21(20)14-17/h7-12,14,20H,4-6,13H2,1-3H3,(H,25,27). The van der Waals surface area contributed by atoms with Gasteiger partial charge in [0.2, 0.25) is 0 Å². The van der Waals surface area contributed by atoms with E-state index in [9.17, 15) is 9.59 Å². The molecule has 146 valence electrons. The number of hydrogen-bond acceptors (Lipinski definition) is 3. The molecule has 5 nitrogen and oxygen atoms in total. The van der Waals surface area contributed by atoms with E-state index in [4.69, 9.17) is 4.74 Å². The van der Waals surface area contributed by atoms with Crippen LogP contribution in [0.5, 0.6) is 5.75 Å². The molecule has 28 heavy (non-hydrogen) atoms. The summed E-state index contributed by atoms with van der Waals surface area (Å²) in [6, 6.07) is 7.02. The number of hydrogen-bond donors (Lipinski definition) is 1. The lowest BCUT2D eigenvalue weighted by atomic mass is 9.84. The van der Waals surface area contributed by atoms with Crippen molar-refractivity contribution < 1.29 is 14.3 Å². The van der Waals surface area contributed by atoms with E-state index < -0.39 is 0 Å². The van der Waals surface area contributed by atoms with Crippen molar-refractivity contribution in [1.82, 2.24) is 5.32 Å². The van der Waals surface area contributed by atoms with E-state index in [0.717, 1.165) is 35.4 Å². The summed E-state index contributed by atoms with van der Waals surface area (Å²) in [4.78, 5) is 28.9. The normalized spacial score (nSPS) is 20.0. The third-order valence-electron chi connectivity index (χ3n) is 5.02. The number of amides is 2. The van der Waals surface area contributed by atoms with Crippen molar-refractivity contribution in [3.8, 4) is 5.75 Å². The van der Waals surface area contributed by atoms with Crippen molar-refractivity contribution in [3.05, 3.63) is 64.9 Å². The molecule has 2 amide bonds. The molecule has 1 unspecified atom stereocenters. The molecule has 0 saturated carbocycles. The minimum absolute atomic E-state index is 0.0428. The first-order chi connectivity index (χ1) is 13.5. The van der Waals surface area contributed by atoms with Crippen molar-refractivity contribution in [3.63, 3.8) is 0 Å². The van der Waals surface area contributed by atoms with Gasteiger partial charge in [-0.1, -0.05) is 31.9 Å². The Labute approximate surface area is 165 Å². The van der Waals surface area contributed by atoms with Gasteiger partial charge in [0.25, 0.3) is 11.8 Å². The molecule has 0 radical (unpaired) electrons. The molecule has 2 aliphatic rings. The van der Waals surface area contributed by atoms with Crippen molar-refractivity contribution in [2.45, 2.75) is 40.0 Å². The van der Waals surface area contributed by atoms with Crippen LogP contribution in [-0.4, -0.2) is 24.1 Å². The second kappa shape index (κ2) is 8.83. The predicted octanol–water partition coefficient (Wildman–Crippen LogP) is 4.37.